The first-order valence-electron chi connectivity index (χ1n) is 8.51. The van der Waals surface area contributed by atoms with Gasteiger partial charge in [-0.15, -0.1) is 16.8 Å². The molecule has 28 heavy (non-hydrogen) atoms. The molecule has 0 atom stereocenters. The van der Waals surface area contributed by atoms with Crippen molar-refractivity contribution in [1.82, 2.24) is 24.5 Å². The van der Waals surface area contributed by atoms with Gasteiger partial charge in [0.25, 0.3) is 0 Å². The van der Waals surface area contributed by atoms with Crippen molar-refractivity contribution in [1.29, 1.82) is 0 Å². The lowest BCUT2D eigenvalue weighted by molar-refractivity contribution is -0.385. The molecule has 0 N–H and O–H groups in total. The summed E-state index contributed by atoms with van der Waals surface area (Å²) < 4.78 is 9.33. The van der Waals surface area contributed by atoms with Gasteiger partial charge in [-0.2, -0.15) is 5.10 Å². The van der Waals surface area contributed by atoms with Crippen LogP contribution in [0.15, 0.2) is 48.4 Å². The van der Waals surface area contributed by atoms with Gasteiger partial charge in [-0.25, -0.2) is 0 Å². The maximum Gasteiger partial charge on any atom is 0.307 e. The fourth-order valence-electron chi connectivity index (χ4n) is 2.51. The summed E-state index contributed by atoms with van der Waals surface area (Å²) in [6, 6.07) is 5.92. The van der Waals surface area contributed by atoms with Crippen LogP contribution in [0.4, 0.5) is 5.69 Å². The van der Waals surface area contributed by atoms with E-state index >= 15 is 0 Å². The topological polar surface area (TPSA) is 101 Å². The number of allylic oxidation sites excluding steroid dienone is 1. The molecular weight excluding hydrogens is 380 g/mol. The van der Waals surface area contributed by atoms with Crippen molar-refractivity contribution in [2.75, 3.05) is 0 Å². The van der Waals surface area contributed by atoms with Gasteiger partial charge >= 0.3 is 5.69 Å². The van der Waals surface area contributed by atoms with Crippen LogP contribution in [0.1, 0.15) is 17.0 Å². The molecular formula is C18H20N6O3S. The molecule has 0 aliphatic heterocycles. The number of aryl methyl sites for hydroxylation is 1. The maximum atomic E-state index is 10.8. The summed E-state index contributed by atoms with van der Waals surface area (Å²) in [5.74, 6) is 1.86. The van der Waals surface area contributed by atoms with E-state index in [1.54, 1.807) is 6.08 Å². The van der Waals surface area contributed by atoms with Crippen LogP contribution in [0.5, 0.6) is 5.75 Å². The normalized spacial score (nSPS) is 10.8. The number of benzene rings is 1. The van der Waals surface area contributed by atoms with Crippen LogP contribution < -0.4 is 4.74 Å². The minimum atomic E-state index is -0.475. The van der Waals surface area contributed by atoms with E-state index < -0.39 is 4.92 Å². The predicted molar refractivity (Wildman–Crippen MR) is 105 cm³/mol. The monoisotopic (exact) mass is 400 g/mol. The number of hydrogen-bond acceptors (Lipinski definition) is 7. The second-order valence-electron chi connectivity index (χ2n) is 6.05. The standard InChI is InChI=1S/C18H20N6O3S/c1-4-8-23-17(11-27-16-7-5-6-13(2)14(16)3)20-21-18(23)28-12-22-10-15(9-19-22)24(25)26/h4-7,9-10H,1,8,11-12H2,2-3H3. The Kier molecular flexibility index (Phi) is 6.09. The van der Waals surface area contributed by atoms with Crippen LogP contribution in [0.25, 0.3) is 0 Å². The quantitative estimate of drug-likeness (QED) is 0.234. The Morgan fingerprint density at radius 3 is 2.89 bits per heavy atom. The van der Waals surface area contributed by atoms with E-state index in [0.717, 1.165) is 16.9 Å². The zero-order chi connectivity index (χ0) is 20.1. The summed E-state index contributed by atoms with van der Waals surface area (Å²) in [5.41, 5.74) is 2.21. The fourth-order valence-corrected chi connectivity index (χ4v) is 3.33. The van der Waals surface area contributed by atoms with Gasteiger partial charge in [-0.3, -0.25) is 19.4 Å². The van der Waals surface area contributed by atoms with Crippen molar-refractivity contribution in [3.05, 3.63) is 70.3 Å². The molecule has 0 amide bonds. The van der Waals surface area contributed by atoms with Crippen LogP contribution in [0.2, 0.25) is 0 Å². The molecule has 146 valence electrons. The number of aromatic nitrogens is 5. The van der Waals surface area contributed by atoms with Crippen LogP contribution in [-0.4, -0.2) is 29.5 Å². The molecule has 3 rings (SSSR count). The Morgan fingerprint density at radius 2 is 2.18 bits per heavy atom. The lowest BCUT2D eigenvalue weighted by Gasteiger charge is -2.12. The van der Waals surface area contributed by atoms with Gasteiger partial charge in [0, 0.05) is 6.54 Å². The first-order valence-corrected chi connectivity index (χ1v) is 9.49. The first kappa shape index (κ1) is 19.6. The number of hydrogen-bond donors (Lipinski definition) is 0. The third kappa shape index (κ3) is 4.39. The largest absolute Gasteiger partial charge is 0.485 e. The molecule has 0 aliphatic carbocycles. The average molecular weight is 400 g/mol. The van der Waals surface area contributed by atoms with Gasteiger partial charge in [-0.05, 0) is 31.0 Å². The van der Waals surface area contributed by atoms with Gasteiger partial charge in [-0.1, -0.05) is 30.0 Å². The molecule has 0 bridgehead atoms. The minimum absolute atomic E-state index is 0.0456. The van der Waals surface area contributed by atoms with Gasteiger partial charge in [0.05, 0.1) is 10.8 Å². The van der Waals surface area contributed by atoms with Gasteiger partial charge in [0.2, 0.25) is 0 Å². The molecule has 0 saturated carbocycles. The Bertz CT molecular complexity index is 997. The van der Waals surface area contributed by atoms with Gasteiger partial charge < -0.3 is 4.74 Å². The Labute approximate surface area is 166 Å². The Morgan fingerprint density at radius 1 is 1.36 bits per heavy atom. The summed E-state index contributed by atoms with van der Waals surface area (Å²) in [4.78, 5) is 10.3. The van der Waals surface area contributed by atoms with E-state index in [-0.39, 0.29) is 12.3 Å². The van der Waals surface area contributed by atoms with E-state index in [1.165, 1.54) is 28.8 Å². The second-order valence-corrected chi connectivity index (χ2v) is 6.97. The minimum Gasteiger partial charge on any atom is -0.485 e. The van der Waals surface area contributed by atoms with Crippen molar-refractivity contribution in [3.8, 4) is 5.75 Å². The molecule has 2 aromatic heterocycles. The third-order valence-electron chi connectivity index (χ3n) is 4.17. The Balaban J connectivity index is 1.70. The summed E-state index contributed by atoms with van der Waals surface area (Å²) in [7, 11) is 0. The van der Waals surface area contributed by atoms with Crippen LogP contribution in [0.3, 0.4) is 0 Å². The zero-order valence-electron chi connectivity index (χ0n) is 15.6. The average Bonchev–Trinajstić information content (AvgIpc) is 3.29. The summed E-state index contributed by atoms with van der Waals surface area (Å²) in [6.07, 6.45) is 4.36. The van der Waals surface area contributed by atoms with Gasteiger partial charge in [0.1, 0.15) is 24.8 Å². The highest BCUT2D eigenvalue weighted by Crippen LogP contribution is 2.23. The molecule has 3 aromatic rings. The second kappa shape index (κ2) is 8.70. The highest BCUT2D eigenvalue weighted by Gasteiger charge is 2.15. The van der Waals surface area contributed by atoms with Crippen molar-refractivity contribution in [3.63, 3.8) is 0 Å². The van der Waals surface area contributed by atoms with E-state index in [2.05, 4.69) is 21.9 Å². The first-order chi connectivity index (χ1) is 13.5. The lowest BCUT2D eigenvalue weighted by Crippen LogP contribution is -2.08. The number of ether oxygens (including phenoxy) is 1. The highest BCUT2D eigenvalue weighted by atomic mass is 32.2. The number of rotatable bonds is 9. The Hall–Kier alpha value is -3.14. The van der Waals surface area contributed by atoms with E-state index in [0.29, 0.717) is 23.4 Å². The molecule has 10 heteroatoms. The van der Waals surface area contributed by atoms with E-state index in [1.807, 2.05) is 36.6 Å². The molecule has 0 aliphatic rings. The van der Waals surface area contributed by atoms with Crippen molar-refractivity contribution < 1.29 is 9.66 Å². The zero-order valence-corrected chi connectivity index (χ0v) is 16.4. The predicted octanol–water partition coefficient (Wildman–Crippen LogP) is 3.51. The van der Waals surface area contributed by atoms with E-state index in [9.17, 15) is 10.1 Å². The molecule has 2 heterocycles. The van der Waals surface area contributed by atoms with Crippen molar-refractivity contribution >= 4 is 17.4 Å². The van der Waals surface area contributed by atoms with E-state index in [4.69, 9.17) is 4.74 Å². The molecule has 9 nitrogen and oxygen atoms in total. The number of thioether (sulfide) groups is 1. The van der Waals surface area contributed by atoms with Crippen molar-refractivity contribution in [2.24, 2.45) is 0 Å². The van der Waals surface area contributed by atoms with Crippen LogP contribution in [-0.2, 0) is 19.0 Å². The summed E-state index contributed by atoms with van der Waals surface area (Å²) >= 11 is 1.38. The third-order valence-corrected chi connectivity index (χ3v) is 5.13. The van der Waals surface area contributed by atoms with Crippen molar-refractivity contribution in [2.45, 2.75) is 38.0 Å². The maximum absolute atomic E-state index is 10.8. The SMILES string of the molecule is C=CCn1c(COc2cccc(C)c2C)nnc1SCn1cc([N+](=O)[O-])cn1. The van der Waals surface area contributed by atoms with Crippen LogP contribution in [0, 0.1) is 24.0 Å². The lowest BCUT2D eigenvalue weighted by atomic mass is 10.1. The van der Waals surface area contributed by atoms with Gasteiger partial charge in [0.15, 0.2) is 11.0 Å². The number of nitrogens with zero attached hydrogens (tertiary/aromatic N) is 6. The summed E-state index contributed by atoms with van der Waals surface area (Å²) in [6.45, 7) is 8.64. The van der Waals surface area contributed by atoms with Crippen LogP contribution >= 0.6 is 11.8 Å². The summed E-state index contributed by atoms with van der Waals surface area (Å²) in [5, 5.41) is 23.9. The molecule has 0 fully saturated rings. The highest BCUT2D eigenvalue weighted by molar-refractivity contribution is 7.98. The molecule has 1 aromatic carbocycles. The molecule has 0 radical (unpaired) electrons. The molecule has 0 saturated heterocycles. The number of nitro groups is 1. The fraction of sp³-hybridized carbons (Fsp3) is 0.278. The smallest absolute Gasteiger partial charge is 0.307 e. The molecule has 0 spiro atoms. The molecule has 0 unspecified atom stereocenters.